The molecule has 216 valence electrons. The molecule has 0 radical (unpaired) electrons. The number of aliphatic hydroxyl groups is 1. The van der Waals surface area contributed by atoms with E-state index in [2.05, 4.69) is 21.1 Å². The molecule has 3 aromatic rings. The molecule has 40 heavy (non-hydrogen) atoms. The van der Waals surface area contributed by atoms with Gasteiger partial charge in [0, 0.05) is 12.1 Å². The Labute approximate surface area is 239 Å². The van der Waals surface area contributed by atoms with Crippen LogP contribution in [-0.2, 0) is 26.5 Å². The fraction of sp³-hybridized carbons (Fsp3) is 0.407. The fourth-order valence-electron chi connectivity index (χ4n) is 5.36. The molecule has 1 aromatic heterocycles. The maximum absolute atomic E-state index is 14.4. The largest absolute Gasteiger partial charge is 0.465 e. The van der Waals surface area contributed by atoms with Crippen LogP contribution in [0.15, 0.2) is 51.5 Å². The van der Waals surface area contributed by atoms with E-state index in [1.54, 1.807) is 45.0 Å². The smallest absolute Gasteiger partial charge is 0.407 e. The van der Waals surface area contributed by atoms with Gasteiger partial charge < -0.3 is 19.6 Å². The first-order chi connectivity index (χ1) is 18.5. The second-order valence-corrected chi connectivity index (χ2v) is 13.3. The molecule has 1 aliphatic heterocycles. The highest BCUT2D eigenvalue weighted by Gasteiger charge is 2.56. The van der Waals surface area contributed by atoms with Crippen LogP contribution in [0.5, 0.6) is 0 Å². The van der Waals surface area contributed by atoms with E-state index in [1.165, 1.54) is 11.0 Å². The third-order valence-corrected chi connectivity index (χ3v) is 8.41. The number of likely N-dealkylation sites (tertiary alicyclic amines) is 1. The van der Waals surface area contributed by atoms with Gasteiger partial charge in [0.05, 0.1) is 29.3 Å². The van der Waals surface area contributed by atoms with Crippen molar-refractivity contribution < 1.29 is 40.9 Å². The van der Waals surface area contributed by atoms with Crippen molar-refractivity contribution in [2.24, 2.45) is 5.41 Å². The molecule has 0 spiro atoms. The van der Waals surface area contributed by atoms with Crippen molar-refractivity contribution in [3.05, 3.63) is 75.5 Å². The average Bonchev–Trinajstić information content (AvgIpc) is 3.23. The van der Waals surface area contributed by atoms with Crippen molar-refractivity contribution in [2.75, 3.05) is 12.8 Å². The van der Waals surface area contributed by atoms with Gasteiger partial charge >= 0.3 is 6.09 Å². The van der Waals surface area contributed by atoms with Gasteiger partial charge in [0.2, 0.25) is 0 Å². The van der Waals surface area contributed by atoms with Crippen LogP contribution in [0, 0.1) is 17.0 Å². The van der Waals surface area contributed by atoms with Crippen molar-refractivity contribution in [3.63, 3.8) is 0 Å². The van der Waals surface area contributed by atoms with Crippen molar-refractivity contribution in [3.8, 4) is 11.3 Å². The van der Waals surface area contributed by atoms with Crippen molar-refractivity contribution in [1.82, 2.24) is 10.1 Å². The lowest BCUT2D eigenvalue weighted by atomic mass is 9.64. The molecule has 13 heteroatoms. The lowest BCUT2D eigenvalue weighted by Crippen LogP contribution is -2.60. The first-order valence-electron chi connectivity index (χ1n) is 12.3. The summed E-state index contributed by atoms with van der Waals surface area (Å²) in [7, 11) is -3.74. The third kappa shape index (κ3) is 5.78. The van der Waals surface area contributed by atoms with E-state index in [4.69, 9.17) is 8.71 Å². The second-order valence-electron chi connectivity index (χ2n) is 10.9. The van der Waals surface area contributed by atoms with E-state index in [9.17, 15) is 32.2 Å². The summed E-state index contributed by atoms with van der Waals surface area (Å²) in [5.41, 5.74) is -1.37. The Hall–Kier alpha value is -2.87. The van der Waals surface area contributed by atoms with Crippen LogP contribution in [0.4, 0.5) is 13.6 Å². The lowest BCUT2D eigenvalue weighted by Gasteiger charge is -2.53. The van der Waals surface area contributed by atoms with Gasteiger partial charge in [-0.2, -0.15) is 8.42 Å². The zero-order valence-electron chi connectivity index (χ0n) is 22.2. The fourth-order valence-corrected chi connectivity index (χ4v) is 6.30. The third-order valence-electron chi connectivity index (χ3n) is 7.10. The van der Waals surface area contributed by atoms with E-state index < -0.39 is 50.8 Å². The molecule has 0 saturated carbocycles. The van der Waals surface area contributed by atoms with Gasteiger partial charge in [-0.05, 0) is 51.0 Å². The highest BCUT2D eigenvalue weighted by atomic mass is 79.9. The van der Waals surface area contributed by atoms with Crippen LogP contribution < -0.4 is 0 Å². The van der Waals surface area contributed by atoms with Crippen LogP contribution in [-0.4, -0.2) is 53.6 Å². The van der Waals surface area contributed by atoms with E-state index in [-0.39, 0.29) is 41.1 Å². The SMILES string of the molecule is CC(C)(C)C1[C@H](c2onc(-c3ccccc3COS(C)(=O)=O)c2Br)[C@@](O)(c2ccc(F)c(F)c2)CCN1C(=O)O. The Bertz CT molecular complexity index is 1540. The van der Waals surface area contributed by atoms with Crippen molar-refractivity contribution in [1.29, 1.82) is 0 Å². The minimum atomic E-state index is -3.74. The minimum Gasteiger partial charge on any atom is -0.465 e. The standard InChI is InChI=1S/C27H29BrF2N2O7S/c1-26(2,3)24-20(27(35,11-12-32(24)25(33)34)16-9-10-18(29)19(30)13-16)23-21(28)22(31-39-23)17-8-6-5-7-15(17)14-38-40(4,36)37/h5-10,13,20,24,35H,11-12,14H2,1-4H3,(H,33,34)/t20-,24?,27-/m0/s1. The lowest BCUT2D eigenvalue weighted by molar-refractivity contribution is -0.0977. The molecule has 1 saturated heterocycles. The van der Waals surface area contributed by atoms with Crippen LogP contribution in [0.25, 0.3) is 11.3 Å². The quantitative estimate of drug-likeness (QED) is 0.331. The summed E-state index contributed by atoms with van der Waals surface area (Å²) < 4.78 is 62.5. The van der Waals surface area contributed by atoms with Crippen molar-refractivity contribution in [2.45, 2.75) is 51.4 Å². The number of rotatable bonds is 6. The van der Waals surface area contributed by atoms with Gasteiger partial charge in [0.25, 0.3) is 10.1 Å². The molecule has 1 unspecified atom stereocenters. The van der Waals surface area contributed by atoms with E-state index in [1.807, 2.05) is 0 Å². The molecular weight excluding hydrogens is 614 g/mol. The van der Waals surface area contributed by atoms with E-state index in [0.717, 1.165) is 18.4 Å². The van der Waals surface area contributed by atoms with Crippen LogP contribution in [0.1, 0.15) is 50.0 Å². The number of aromatic nitrogens is 1. The number of benzene rings is 2. The minimum absolute atomic E-state index is 0.0579. The van der Waals surface area contributed by atoms with Crippen molar-refractivity contribution >= 4 is 32.1 Å². The molecule has 1 amide bonds. The predicted molar refractivity (Wildman–Crippen MR) is 145 cm³/mol. The molecule has 0 bridgehead atoms. The zero-order chi connectivity index (χ0) is 29.6. The van der Waals surface area contributed by atoms with Crippen LogP contribution >= 0.6 is 15.9 Å². The summed E-state index contributed by atoms with van der Waals surface area (Å²) in [4.78, 5) is 13.6. The maximum atomic E-state index is 14.4. The zero-order valence-corrected chi connectivity index (χ0v) is 24.6. The number of halogens is 3. The number of carboxylic acid groups (broad SMARTS) is 1. The molecule has 4 rings (SSSR count). The Balaban J connectivity index is 1.92. The summed E-state index contributed by atoms with van der Waals surface area (Å²) in [6.07, 6.45) is -0.414. The van der Waals surface area contributed by atoms with Gasteiger partial charge in [-0.3, -0.25) is 4.18 Å². The van der Waals surface area contributed by atoms with E-state index in [0.29, 0.717) is 11.1 Å². The molecular formula is C27H29BrF2N2O7S. The second kappa shape index (κ2) is 10.8. The molecule has 2 N–H and O–H groups in total. The highest BCUT2D eigenvalue weighted by Crippen LogP contribution is 2.54. The summed E-state index contributed by atoms with van der Waals surface area (Å²) in [5, 5.41) is 26.5. The first kappa shape index (κ1) is 30.1. The Morgan fingerprint density at radius 1 is 1.23 bits per heavy atom. The molecule has 1 fully saturated rings. The Morgan fingerprint density at radius 3 is 2.50 bits per heavy atom. The number of piperidine rings is 1. The number of hydrogen-bond donors (Lipinski definition) is 2. The number of hydrogen-bond acceptors (Lipinski definition) is 7. The van der Waals surface area contributed by atoms with Crippen LogP contribution in [0.3, 0.4) is 0 Å². The first-order valence-corrected chi connectivity index (χ1v) is 14.9. The summed E-state index contributed by atoms with van der Waals surface area (Å²) in [6.45, 7) is 5.07. The molecule has 2 heterocycles. The average molecular weight is 644 g/mol. The van der Waals surface area contributed by atoms with E-state index >= 15 is 0 Å². The number of carbonyl (C=O) groups is 1. The molecule has 3 atom stereocenters. The molecule has 0 aliphatic carbocycles. The Kier molecular flexibility index (Phi) is 8.16. The molecule has 2 aromatic carbocycles. The summed E-state index contributed by atoms with van der Waals surface area (Å²) in [5.74, 6) is -3.27. The molecule has 1 aliphatic rings. The highest BCUT2D eigenvalue weighted by molar-refractivity contribution is 9.10. The van der Waals surface area contributed by atoms with Gasteiger partial charge in [0.1, 0.15) is 11.3 Å². The summed E-state index contributed by atoms with van der Waals surface area (Å²) >= 11 is 3.52. The predicted octanol–water partition coefficient (Wildman–Crippen LogP) is 5.63. The molecule has 9 nitrogen and oxygen atoms in total. The topological polar surface area (TPSA) is 130 Å². The number of nitrogens with zero attached hydrogens (tertiary/aromatic N) is 2. The monoisotopic (exact) mass is 642 g/mol. The number of amides is 1. The maximum Gasteiger partial charge on any atom is 0.407 e. The normalized spacial score (nSPS) is 21.9. The van der Waals surface area contributed by atoms with Gasteiger partial charge in [-0.1, -0.05) is 56.3 Å². The van der Waals surface area contributed by atoms with Gasteiger partial charge in [0.15, 0.2) is 17.4 Å². The van der Waals surface area contributed by atoms with Crippen LogP contribution in [0.2, 0.25) is 0 Å². The summed E-state index contributed by atoms with van der Waals surface area (Å²) in [6, 6.07) is 8.94. The van der Waals surface area contributed by atoms with Gasteiger partial charge in [-0.15, -0.1) is 0 Å². The van der Waals surface area contributed by atoms with Gasteiger partial charge in [-0.25, -0.2) is 13.6 Å². The Morgan fingerprint density at radius 2 is 1.90 bits per heavy atom.